The quantitative estimate of drug-likeness (QED) is 0.295. The zero-order valence-electron chi connectivity index (χ0n) is 24.0. The lowest BCUT2D eigenvalue weighted by Crippen LogP contribution is -2.43. The third kappa shape index (κ3) is 4.36. The molecule has 9 heteroatoms. The van der Waals surface area contributed by atoms with Gasteiger partial charge in [-0.05, 0) is 70.2 Å². The first kappa shape index (κ1) is 27.0. The first-order valence-corrected chi connectivity index (χ1v) is 14.7. The number of rotatable bonds is 6. The van der Waals surface area contributed by atoms with E-state index in [1.54, 1.807) is 24.4 Å². The second-order valence-electron chi connectivity index (χ2n) is 12.0. The first-order valence-electron chi connectivity index (χ1n) is 14.7. The first-order chi connectivity index (χ1) is 20.4. The van der Waals surface area contributed by atoms with E-state index in [1.165, 1.54) is 6.07 Å². The van der Waals surface area contributed by atoms with Crippen molar-refractivity contribution in [2.45, 2.75) is 43.7 Å². The molecule has 7 rings (SSSR count). The zero-order valence-corrected chi connectivity index (χ0v) is 24.0. The van der Waals surface area contributed by atoms with Gasteiger partial charge in [-0.2, -0.15) is 9.97 Å². The summed E-state index contributed by atoms with van der Waals surface area (Å²) in [4.78, 5) is 20.9. The summed E-state index contributed by atoms with van der Waals surface area (Å²) in [5, 5.41) is 1.66. The van der Waals surface area contributed by atoms with Gasteiger partial charge in [0.2, 0.25) is 0 Å². The van der Waals surface area contributed by atoms with Crippen LogP contribution in [0.2, 0.25) is 0 Å². The fourth-order valence-corrected chi connectivity index (χ4v) is 7.30. The van der Waals surface area contributed by atoms with Gasteiger partial charge in [-0.1, -0.05) is 30.2 Å². The highest BCUT2D eigenvalue weighted by molar-refractivity contribution is 6.02. The molecule has 7 nitrogen and oxygen atoms in total. The van der Waals surface area contributed by atoms with E-state index in [4.69, 9.17) is 16.1 Å². The maximum atomic E-state index is 16.6. The SMILES string of the molecule is C#Cc1c(F)ccc2cccc(-c3ncc4c(N(C)C5CCN(C)C5)nc(OCC56CCCN5CCC6)nc4c3F)c12. The molecule has 0 saturated carbocycles. The minimum absolute atomic E-state index is 0.000846. The van der Waals surface area contributed by atoms with Crippen LogP contribution in [0.1, 0.15) is 37.7 Å². The Bertz CT molecular complexity index is 1730. The van der Waals surface area contributed by atoms with Gasteiger partial charge in [0.25, 0.3) is 0 Å². The Labute approximate surface area is 244 Å². The van der Waals surface area contributed by atoms with E-state index in [2.05, 4.69) is 37.6 Å². The monoisotopic (exact) mass is 568 g/mol. The summed E-state index contributed by atoms with van der Waals surface area (Å²) in [7, 11) is 4.09. The standard InChI is InChI=1S/C33H34F2N6O/c1-4-23-26(34)11-10-21-8-5-9-24(27(21)23)29-28(35)30-25(18-36-29)31(40(3)22-12-17-39(2)19-22)38-32(37-30)42-20-33-13-6-15-41(33)16-7-14-33/h1,5,8-11,18,22H,6-7,12-17,19-20H2,2-3H3. The van der Waals surface area contributed by atoms with Crippen molar-refractivity contribution in [2.24, 2.45) is 0 Å². The van der Waals surface area contributed by atoms with Crippen molar-refractivity contribution in [3.63, 3.8) is 0 Å². The number of nitrogens with zero attached hydrogens (tertiary/aromatic N) is 6. The van der Waals surface area contributed by atoms with Crippen LogP contribution in [-0.2, 0) is 0 Å². The molecule has 4 aromatic rings. The van der Waals surface area contributed by atoms with Crippen LogP contribution in [0.4, 0.5) is 14.6 Å². The van der Waals surface area contributed by atoms with Crippen molar-refractivity contribution in [1.82, 2.24) is 24.8 Å². The van der Waals surface area contributed by atoms with Crippen LogP contribution in [0, 0.1) is 24.0 Å². The van der Waals surface area contributed by atoms with Crippen molar-refractivity contribution in [3.05, 3.63) is 53.7 Å². The number of likely N-dealkylation sites (tertiary alicyclic amines) is 1. The number of anilines is 1. The van der Waals surface area contributed by atoms with Crippen LogP contribution in [0.5, 0.6) is 6.01 Å². The normalized spacial score (nSPS) is 20.3. The number of likely N-dealkylation sites (N-methyl/N-ethyl adjacent to an activating group) is 2. The Kier molecular flexibility index (Phi) is 6.71. The molecule has 5 heterocycles. The third-order valence-corrected chi connectivity index (χ3v) is 9.57. The maximum Gasteiger partial charge on any atom is 0.319 e. The van der Waals surface area contributed by atoms with Crippen LogP contribution in [0.3, 0.4) is 0 Å². The van der Waals surface area contributed by atoms with E-state index in [-0.39, 0.29) is 34.4 Å². The molecule has 0 bridgehead atoms. The number of hydrogen-bond acceptors (Lipinski definition) is 7. The highest BCUT2D eigenvalue weighted by Crippen LogP contribution is 2.40. The second-order valence-corrected chi connectivity index (χ2v) is 12.0. The van der Waals surface area contributed by atoms with E-state index in [0.717, 1.165) is 58.3 Å². The minimum Gasteiger partial charge on any atom is -0.461 e. The number of hydrogen-bond donors (Lipinski definition) is 0. The average Bonchev–Trinajstić information content (AvgIpc) is 3.71. The van der Waals surface area contributed by atoms with Gasteiger partial charge in [-0.3, -0.25) is 9.88 Å². The van der Waals surface area contributed by atoms with Crippen molar-refractivity contribution < 1.29 is 13.5 Å². The summed E-state index contributed by atoms with van der Waals surface area (Å²) < 4.78 is 37.7. The van der Waals surface area contributed by atoms with Gasteiger partial charge in [-0.25, -0.2) is 8.78 Å². The number of halogens is 2. The summed E-state index contributed by atoms with van der Waals surface area (Å²) in [6.45, 7) is 4.49. The highest BCUT2D eigenvalue weighted by Gasteiger charge is 2.45. The predicted octanol–water partition coefficient (Wildman–Crippen LogP) is 5.25. The Hall–Kier alpha value is -3.87. The van der Waals surface area contributed by atoms with Crippen molar-refractivity contribution in [1.29, 1.82) is 0 Å². The number of terminal acetylenes is 1. The smallest absolute Gasteiger partial charge is 0.319 e. The molecule has 3 saturated heterocycles. The maximum absolute atomic E-state index is 16.6. The number of benzene rings is 2. The second kappa shape index (κ2) is 10.4. The minimum atomic E-state index is -0.612. The van der Waals surface area contributed by atoms with Crippen LogP contribution in [0.15, 0.2) is 36.5 Å². The lowest BCUT2D eigenvalue weighted by Gasteiger charge is -2.31. The Morgan fingerprint density at radius 1 is 1.12 bits per heavy atom. The van der Waals surface area contributed by atoms with Crippen LogP contribution in [-0.4, -0.2) is 83.2 Å². The zero-order chi connectivity index (χ0) is 29.0. The Balaban J connectivity index is 1.37. The molecule has 42 heavy (non-hydrogen) atoms. The van der Waals surface area contributed by atoms with Crippen molar-refractivity contribution >= 4 is 27.5 Å². The fraction of sp³-hybridized carbons (Fsp3) is 0.424. The molecule has 1 atom stereocenters. The Morgan fingerprint density at radius 3 is 2.67 bits per heavy atom. The van der Waals surface area contributed by atoms with Gasteiger partial charge < -0.3 is 14.5 Å². The number of aromatic nitrogens is 3. The van der Waals surface area contributed by atoms with Crippen molar-refractivity contribution in [2.75, 3.05) is 51.8 Å². The largest absolute Gasteiger partial charge is 0.461 e. The summed E-state index contributed by atoms with van der Waals surface area (Å²) in [6, 6.07) is 8.68. The number of pyridine rings is 1. The van der Waals surface area contributed by atoms with Gasteiger partial charge in [-0.15, -0.1) is 6.42 Å². The third-order valence-electron chi connectivity index (χ3n) is 9.57. The van der Waals surface area contributed by atoms with Gasteiger partial charge in [0.15, 0.2) is 5.82 Å². The van der Waals surface area contributed by atoms with Gasteiger partial charge in [0, 0.05) is 36.8 Å². The summed E-state index contributed by atoms with van der Waals surface area (Å²) in [6.07, 6.45) is 12.8. The molecular formula is C33H34F2N6O. The molecule has 2 aromatic heterocycles. The van der Waals surface area contributed by atoms with E-state index in [9.17, 15) is 4.39 Å². The molecule has 216 valence electrons. The van der Waals surface area contributed by atoms with Gasteiger partial charge in [0.05, 0.1) is 16.5 Å². The van der Waals surface area contributed by atoms with E-state index < -0.39 is 11.6 Å². The van der Waals surface area contributed by atoms with Gasteiger partial charge in [0.1, 0.15) is 29.5 Å². The summed E-state index contributed by atoms with van der Waals surface area (Å²) in [5.74, 6) is 1.90. The summed E-state index contributed by atoms with van der Waals surface area (Å²) in [5.41, 5.74) is 0.684. The molecule has 0 aliphatic carbocycles. The van der Waals surface area contributed by atoms with E-state index in [1.807, 2.05) is 13.1 Å². The molecule has 0 amide bonds. The fourth-order valence-electron chi connectivity index (χ4n) is 7.30. The van der Waals surface area contributed by atoms with E-state index >= 15 is 4.39 Å². The van der Waals surface area contributed by atoms with Crippen LogP contribution >= 0.6 is 0 Å². The van der Waals surface area contributed by atoms with Crippen molar-refractivity contribution in [3.8, 4) is 29.6 Å². The topological polar surface area (TPSA) is 57.6 Å². The molecule has 0 radical (unpaired) electrons. The Morgan fingerprint density at radius 2 is 1.93 bits per heavy atom. The lowest BCUT2D eigenvalue weighted by molar-refractivity contribution is 0.108. The number of fused-ring (bicyclic) bond motifs is 3. The van der Waals surface area contributed by atoms with Gasteiger partial charge >= 0.3 is 6.01 Å². The summed E-state index contributed by atoms with van der Waals surface area (Å²) >= 11 is 0. The molecule has 3 aliphatic heterocycles. The molecular weight excluding hydrogens is 534 g/mol. The molecule has 0 N–H and O–H groups in total. The molecule has 3 aliphatic rings. The van der Waals surface area contributed by atoms with Crippen LogP contribution in [0.25, 0.3) is 32.9 Å². The lowest BCUT2D eigenvalue weighted by atomic mass is 9.95. The molecule has 3 fully saturated rings. The average molecular weight is 569 g/mol. The van der Waals surface area contributed by atoms with Crippen LogP contribution < -0.4 is 9.64 Å². The predicted molar refractivity (Wildman–Crippen MR) is 161 cm³/mol. The highest BCUT2D eigenvalue weighted by atomic mass is 19.1. The van der Waals surface area contributed by atoms with E-state index in [0.29, 0.717) is 34.1 Å². The molecule has 2 aromatic carbocycles. The molecule has 0 spiro atoms. The number of ether oxygens (including phenoxy) is 1. The molecule has 1 unspecified atom stereocenters.